The molecule has 0 spiro atoms. The lowest BCUT2D eigenvalue weighted by atomic mass is 9.96. The molecule has 2 aromatic rings. The number of morpholine rings is 1. The standard InChI is InChI=1S/C23H26N4O4/c1-4-27(26-9-11-30-12-10-26)22(28)20-14-19(18-8-6-7-17(13-18)15-24)21(16(3)25-20)23(29)31-5-2/h6-8,13-14H,4-5,9-12H2,1-3H3. The summed E-state index contributed by atoms with van der Waals surface area (Å²) < 4.78 is 10.6. The first kappa shape index (κ1) is 22.4. The molecule has 8 heteroatoms. The SMILES string of the molecule is CCOC(=O)c1c(-c2cccc(C#N)c2)cc(C(=O)N(CC)N2CCOCC2)nc1C. The van der Waals surface area contributed by atoms with Crippen LogP contribution in [0.5, 0.6) is 0 Å². The van der Waals surface area contributed by atoms with Crippen molar-refractivity contribution in [2.24, 2.45) is 0 Å². The first-order valence-corrected chi connectivity index (χ1v) is 10.3. The third-order valence-electron chi connectivity index (χ3n) is 5.06. The topological polar surface area (TPSA) is 95.8 Å². The molecule has 162 valence electrons. The fourth-order valence-electron chi connectivity index (χ4n) is 3.63. The van der Waals surface area contributed by atoms with Crippen LogP contribution >= 0.6 is 0 Å². The Labute approximate surface area is 182 Å². The van der Waals surface area contributed by atoms with Crippen LogP contribution in [0.1, 0.15) is 46.0 Å². The lowest BCUT2D eigenvalue weighted by Gasteiger charge is -2.36. The van der Waals surface area contributed by atoms with Crippen molar-refractivity contribution in [1.82, 2.24) is 15.0 Å². The molecule has 1 aromatic carbocycles. The second-order valence-corrected chi connectivity index (χ2v) is 7.02. The molecule has 0 atom stereocenters. The van der Waals surface area contributed by atoms with Gasteiger partial charge in [-0.3, -0.25) is 9.80 Å². The van der Waals surface area contributed by atoms with Gasteiger partial charge in [0.1, 0.15) is 5.69 Å². The maximum Gasteiger partial charge on any atom is 0.340 e. The molecule has 1 aliphatic heterocycles. The van der Waals surface area contributed by atoms with Gasteiger partial charge in [0.05, 0.1) is 42.7 Å². The van der Waals surface area contributed by atoms with Crippen molar-refractivity contribution in [3.63, 3.8) is 0 Å². The molecule has 0 radical (unpaired) electrons. The first-order valence-electron chi connectivity index (χ1n) is 10.3. The molecular weight excluding hydrogens is 396 g/mol. The molecule has 0 aliphatic carbocycles. The number of pyridine rings is 1. The van der Waals surface area contributed by atoms with Gasteiger partial charge in [-0.2, -0.15) is 5.26 Å². The number of hydrazine groups is 1. The highest BCUT2D eigenvalue weighted by Gasteiger charge is 2.27. The van der Waals surface area contributed by atoms with Gasteiger partial charge in [0, 0.05) is 25.2 Å². The normalized spacial score (nSPS) is 14.0. The van der Waals surface area contributed by atoms with Gasteiger partial charge >= 0.3 is 5.97 Å². The highest BCUT2D eigenvalue weighted by atomic mass is 16.5. The Morgan fingerprint density at radius 2 is 2.00 bits per heavy atom. The highest BCUT2D eigenvalue weighted by Crippen LogP contribution is 2.28. The third kappa shape index (κ3) is 4.90. The summed E-state index contributed by atoms with van der Waals surface area (Å²) in [4.78, 5) is 30.5. The van der Waals surface area contributed by atoms with Gasteiger partial charge in [0.15, 0.2) is 0 Å². The van der Waals surface area contributed by atoms with E-state index in [2.05, 4.69) is 11.1 Å². The molecule has 8 nitrogen and oxygen atoms in total. The minimum Gasteiger partial charge on any atom is -0.462 e. The molecule has 0 N–H and O–H groups in total. The van der Waals surface area contributed by atoms with Crippen LogP contribution in [0.2, 0.25) is 0 Å². The van der Waals surface area contributed by atoms with E-state index in [9.17, 15) is 14.9 Å². The van der Waals surface area contributed by atoms with Gasteiger partial charge in [-0.15, -0.1) is 0 Å². The Morgan fingerprint density at radius 1 is 1.26 bits per heavy atom. The Balaban J connectivity index is 2.10. The van der Waals surface area contributed by atoms with Crippen molar-refractivity contribution in [3.05, 3.63) is 52.8 Å². The van der Waals surface area contributed by atoms with Gasteiger partial charge in [-0.25, -0.2) is 14.8 Å². The number of esters is 1. The number of nitrogens with zero attached hydrogens (tertiary/aromatic N) is 4. The molecule has 1 saturated heterocycles. The number of aryl methyl sites for hydroxylation is 1. The fraction of sp³-hybridized carbons (Fsp3) is 0.391. The summed E-state index contributed by atoms with van der Waals surface area (Å²) in [7, 11) is 0. The van der Waals surface area contributed by atoms with Crippen molar-refractivity contribution < 1.29 is 19.1 Å². The van der Waals surface area contributed by atoms with Crippen molar-refractivity contribution >= 4 is 11.9 Å². The largest absolute Gasteiger partial charge is 0.462 e. The fourth-order valence-corrected chi connectivity index (χ4v) is 3.63. The van der Waals surface area contributed by atoms with Gasteiger partial charge in [-0.05, 0) is 44.5 Å². The molecule has 0 bridgehead atoms. The van der Waals surface area contributed by atoms with Gasteiger partial charge in [0.2, 0.25) is 0 Å². The molecule has 1 fully saturated rings. The van der Waals surface area contributed by atoms with E-state index in [1.165, 1.54) is 0 Å². The van der Waals surface area contributed by atoms with Crippen molar-refractivity contribution in [2.45, 2.75) is 20.8 Å². The average molecular weight is 422 g/mol. The zero-order valence-corrected chi connectivity index (χ0v) is 18.1. The summed E-state index contributed by atoms with van der Waals surface area (Å²) in [5.41, 5.74) is 2.55. The lowest BCUT2D eigenvalue weighted by Crippen LogP contribution is -2.51. The summed E-state index contributed by atoms with van der Waals surface area (Å²) in [5.74, 6) is -0.759. The van der Waals surface area contributed by atoms with Crippen molar-refractivity contribution in [1.29, 1.82) is 5.26 Å². The molecule has 1 aromatic heterocycles. The smallest absolute Gasteiger partial charge is 0.340 e. The molecule has 0 saturated carbocycles. The summed E-state index contributed by atoms with van der Waals surface area (Å²) in [6.45, 7) is 8.39. The second kappa shape index (κ2) is 10.2. The van der Waals surface area contributed by atoms with E-state index >= 15 is 0 Å². The molecule has 3 rings (SSSR count). The number of nitriles is 1. The summed E-state index contributed by atoms with van der Waals surface area (Å²) in [6.07, 6.45) is 0. The molecule has 1 aliphatic rings. The molecule has 2 heterocycles. The van der Waals surface area contributed by atoms with E-state index in [4.69, 9.17) is 9.47 Å². The van der Waals surface area contributed by atoms with Crippen LogP contribution in [0, 0.1) is 18.3 Å². The van der Waals surface area contributed by atoms with Crippen molar-refractivity contribution in [2.75, 3.05) is 39.5 Å². The molecule has 0 unspecified atom stereocenters. The zero-order chi connectivity index (χ0) is 22.4. The number of amides is 1. The number of hydrogen-bond acceptors (Lipinski definition) is 7. The van der Waals surface area contributed by atoms with Gasteiger partial charge < -0.3 is 9.47 Å². The van der Waals surface area contributed by atoms with Crippen LogP contribution in [0.4, 0.5) is 0 Å². The minimum absolute atomic E-state index is 0.220. The van der Waals surface area contributed by atoms with E-state index in [0.29, 0.717) is 60.8 Å². The van der Waals surface area contributed by atoms with E-state index in [1.54, 1.807) is 49.2 Å². The van der Waals surface area contributed by atoms with Crippen LogP contribution in [-0.2, 0) is 9.47 Å². The lowest BCUT2D eigenvalue weighted by molar-refractivity contribution is -0.0678. The Hall–Kier alpha value is -3.28. The third-order valence-corrected chi connectivity index (χ3v) is 5.06. The van der Waals surface area contributed by atoms with Crippen LogP contribution in [0.25, 0.3) is 11.1 Å². The predicted molar refractivity (Wildman–Crippen MR) is 114 cm³/mol. The van der Waals surface area contributed by atoms with Crippen LogP contribution in [0.3, 0.4) is 0 Å². The Kier molecular flexibility index (Phi) is 7.34. The zero-order valence-electron chi connectivity index (χ0n) is 18.1. The van der Waals surface area contributed by atoms with Crippen LogP contribution in [-0.4, -0.2) is 66.3 Å². The number of ether oxygens (including phenoxy) is 2. The Bertz CT molecular complexity index is 1010. The monoisotopic (exact) mass is 422 g/mol. The number of carbonyl (C=O) groups is 2. The first-order chi connectivity index (χ1) is 15.0. The summed E-state index contributed by atoms with van der Waals surface area (Å²) in [6, 6.07) is 10.6. The van der Waals surface area contributed by atoms with E-state index in [1.807, 2.05) is 11.9 Å². The molecule has 31 heavy (non-hydrogen) atoms. The van der Waals surface area contributed by atoms with Crippen molar-refractivity contribution in [3.8, 4) is 17.2 Å². The number of aromatic nitrogens is 1. The van der Waals surface area contributed by atoms with E-state index < -0.39 is 5.97 Å². The molecular formula is C23H26N4O4. The number of carbonyl (C=O) groups excluding carboxylic acids is 2. The van der Waals surface area contributed by atoms with E-state index in [-0.39, 0.29) is 18.2 Å². The predicted octanol–water partition coefficient (Wildman–Crippen LogP) is 2.81. The number of benzene rings is 1. The Morgan fingerprint density at radius 3 is 2.65 bits per heavy atom. The van der Waals surface area contributed by atoms with Crippen LogP contribution in [0.15, 0.2) is 30.3 Å². The average Bonchev–Trinajstić information content (AvgIpc) is 2.79. The summed E-state index contributed by atoms with van der Waals surface area (Å²) in [5, 5.41) is 12.9. The van der Waals surface area contributed by atoms with E-state index in [0.717, 1.165) is 0 Å². The maximum atomic E-state index is 13.4. The summed E-state index contributed by atoms with van der Waals surface area (Å²) >= 11 is 0. The quantitative estimate of drug-likeness (QED) is 0.661. The minimum atomic E-state index is -0.510. The number of hydrogen-bond donors (Lipinski definition) is 0. The number of rotatable bonds is 6. The van der Waals surface area contributed by atoms with Gasteiger partial charge in [0.25, 0.3) is 5.91 Å². The highest BCUT2D eigenvalue weighted by molar-refractivity contribution is 6.01. The maximum absolute atomic E-state index is 13.4. The second-order valence-electron chi connectivity index (χ2n) is 7.02. The van der Waals surface area contributed by atoms with Gasteiger partial charge in [-0.1, -0.05) is 12.1 Å². The van der Waals surface area contributed by atoms with Crippen LogP contribution < -0.4 is 0 Å². The molecule has 1 amide bonds.